The quantitative estimate of drug-likeness (QED) is 0.684. The lowest BCUT2D eigenvalue weighted by molar-refractivity contribution is -0.138. The van der Waals surface area contributed by atoms with Gasteiger partial charge in [0.2, 0.25) is 5.91 Å². The molecule has 1 fully saturated rings. The standard InChI is InChI=1S/C13H23NO3/c1-3-4-13(5-6-13)9-14-11(15)7-10(2)8-12(16)17/h10H,3-9H2,1-2H3,(H,14,15)(H,16,17). The second kappa shape index (κ2) is 6.03. The molecule has 0 aromatic rings. The number of hydrogen-bond donors (Lipinski definition) is 2. The molecule has 0 aromatic heterocycles. The molecular weight excluding hydrogens is 218 g/mol. The SMILES string of the molecule is CCCC1(CNC(=O)CC(C)CC(=O)O)CC1. The average Bonchev–Trinajstić information content (AvgIpc) is 2.95. The summed E-state index contributed by atoms with van der Waals surface area (Å²) in [5, 5.41) is 11.5. The number of carbonyl (C=O) groups excluding carboxylic acids is 1. The fourth-order valence-electron chi connectivity index (χ4n) is 2.27. The van der Waals surface area contributed by atoms with Gasteiger partial charge in [0, 0.05) is 19.4 Å². The van der Waals surface area contributed by atoms with Gasteiger partial charge in [0.15, 0.2) is 0 Å². The number of carboxylic acid groups (broad SMARTS) is 1. The molecule has 4 heteroatoms. The molecule has 0 aromatic carbocycles. The highest BCUT2D eigenvalue weighted by Crippen LogP contribution is 2.48. The van der Waals surface area contributed by atoms with Crippen molar-refractivity contribution in [3.63, 3.8) is 0 Å². The molecule has 0 heterocycles. The predicted molar refractivity (Wildman–Crippen MR) is 65.6 cm³/mol. The minimum Gasteiger partial charge on any atom is -0.481 e. The van der Waals surface area contributed by atoms with E-state index in [1.165, 1.54) is 19.3 Å². The molecule has 1 atom stereocenters. The number of nitrogens with one attached hydrogen (secondary N) is 1. The van der Waals surface area contributed by atoms with Crippen LogP contribution in [0.3, 0.4) is 0 Å². The molecule has 0 aliphatic heterocycles. The zero-order valence-electron chi connectivity index (χ0n) is 10.8. The van der Waals surface area contributed by atoms with Crippen LogP contribution in [0, 0.1) is 11.3 Å². The van der Waals surface area contributed by atoms with Crippen LogP contribution in [0.25, 0.3) is 0 Å². The molecule has 1 rings (SSSR count). The Bertz CT molecular complexity index is 284. The second-order valence-corrected chi connectivity index (χ2v) is 5.43. The Morgan fingerprint density at radius 1 is 1.35 bits per heavy atom. The summed E-state index contributed by atoms with van der Waals surface area (Å²) in [6, 6.07) is 0. The van der Waals surface area contributed by atoms with Crippen LogP contribution in [0.5, 0.6) is 0 Å². The number of amides is 1. The molecule has 1 aliphatic carbocycles. The lowest BCUT2D eigenvalue weighted by atomic mass is 10.00. The van der Waals surface area contributed by atoms with Gasteiger partial charge in [0.05, 0.1) is 0 Å². The average molecular weight is 241 g/mol. The Kier molecular flexibility index (Phi) is 4.97. The first-order valence-electron chi connectivity index (χ1n) is 6.46. The van der Waals surface area contributed by atoms with Gasteiger partial charge in [-0.2, -0.15) is 0 Å². The Hall–Kier alpha value is -1.06. The van der Waals surface area contributed by atoms with Gasteiger partial charge in [-0.15, -0.1) is 0 Å². The van der Waals surface area contributed by atoms with E-state index in [1.54, 1.807) is 6.92 Å². The smallest absolute Gasteiger partial charge is 0.303 e. The Morgan fingerprint density at radius 2 is 2.00 bits per heavy atom. The van der Waals surface area contributed by atoms with Crippen LogP contribution in [-0.4, -0.2) is 23.5 Å². The highest BCUT2D eigenvalue weighted by Gasteiger charge is 2.41. The molecule has 1 saturated carbocycles. The van der Waals surface area contributed by atoms with Gasteiger partial charge >= 0.3 is 5.97 Å². The van der Waals surface area contributed by atoms with Gasteiger partial charge < -0.3 is 10.4 Å². The van der Waals surface area contributed by atoms with E-state index >= 15 is 0 Å². The third-order valence-electron chi connectivity index (χ3n) is 3.45. The fourth-order valence-corrected chi connectivity index (χ4v) is 2.27. The molecule has 1 aliphatic rings. The zero-order valence-corrected chi connectivity index (χ0v) is 10.8. The summed E-state index contributed by atoms with van der Waals surface area (Å²) in [6.45, 7) is 4.73. The van der Waals surface area contributed by atoms with Gasteiger partial charge in [-0.25, -0.2) is 0 Å². The summed E-state index contributed by atoms with van der Waals surface area (Å²) >= 11 is 0. The second-order valence-electron chi connectivity index (χ2n) is 5.43. The molecule has 2 N–H and O–H groups in total. The van der Waals surface area contributed by atoms with Crippen molar-refractivity contribution in [3.05, 3.63) is 0 Å². The Morgan fingerprint density at radius 3 is 2.47 bits per heavy atom. The number of carbonyl (C=O) groups is 2. The summed E-state index contributed by atoms with van der Waals surface area (Å²) in [6.07, 6.45) is 5.14. The van der Waals surface area contributed by atoms with Crippen molar-refractivity contribution in [2.45, 2.75) is 52.4 Å². The predicted octanol–water partition coefficient (Wildman–Crippen LogP) is 2.18. The zero-order chi connectivity index (χ0) is 12.9. The third-order valence-corrected chi connectivity index (χ3v) is 3.45. The van der Waals surface area contributed by atoms with Crippen LogP contribution in [0.4, 0.5) is 0 Å². The summed E-state index contributed by atoms with van der Waals surface area (Å²) in [7, 11) is 0. The largest absolute Gasteiger partial charge is 0.481 e. The fraction of sp³-hybridized carbons (Fsp3) is 0.846. The number of rotatable bonds is 8. The van der Waals surface area contributed by atoms with Crippen molar-refractivity contribution < 1.29 is 14.7 Å². The van der Waals surface area contributed by atoms with Gasteiger partial charge in [-0.05, 0) is 30.6 Å². The number of aliphatic carboxylic acids is 1. The molecule has 98 valence electrons. The van der Waals surface area contributed by atoms with E-state index in [2.05, 4.69) is 12.2 Å². The summed E-state index contributed by atoms with van der Waals surface area (Å²) in [4.78, 5) is 22.1. The maximum atomic E-state index is 11.6. The minimum atomic E-state index is -0.838. The first-order chi connectivity index (χ1) is 7.97. The Labute approximate surface area is 103 Å². The molecule has 1 unspecified atom stereocenters. The van der Waals surface area contributed by atoms with E-state index in [4.69, 9.17) is 5.11 Å². The van der Waals surface area contributed by atoms with Crippen molar-refractivity contribution in [1.29, 1.82) is 0 Å². The lowest BCUT2D eigenvalue weighted by Crippen LogP contribution is -2.31. The first-order valence-corrected chi connectivity index (χ1v) is 6.46. The van der Waals surface area contributed by atoms with Gasteiger partial charge in [-0.3, -0.25) is 9.59 Å². The van der Waals surface area contributed by atoms with Crippen LogP contribution in [0.15, 0.2) is 0 Å². The summed E-state index contributed by atoms with van der Waals surface area (Å²) in [5.74, 6) is -0.940. The van der Waals surface area contributed by atoms with Crippen LogP contribution in [0.2, 0.25) is 0 Å². The summed E-state index contributed by atoms with van der Waals surface area (Å²) in [5.41, 5.74) is 0.362. The van der Waals surface area contributed by atoms with E-state index in [0.717, 1.165) is 13.0 Å². The van der Waals surface area contributed by atoms with Crippen molar-refractivity contribution in [3.8, 4) is 0 Å². The van der Waals surface area contributed by atoms with Crippen molar-refractivity contribution in [2.24, 2.45) is 11.3 Å². The third kappa shape index (κ3) is 5.20. The van der Waals surface area contributed by atoms with Crippen LogP contribution in [-0.2, 0) is 9.59 Å². The molecular formula is C13H23NO3. The van der Waals surface area contributed by atoms with Crippen LogP contribution in [0.1, 0.15) is 52.4 Å². The summed E-state index contributed by atoms with van der Waals surface area (Å²) < 4.78 is 0. The van der Waals surface area contributed by atoms with Gasteiger partial charge in [0.25, 0.3) is 0 Å². The molecule has 0 spiro atoms. The Balaban J connectivity index is 2.19. The van der Waals surface area contributed by atoms with E-state index < -0.39 is 5.97 Å². The van der Waals surface area contributed by atoms with E-state index in [0.29, 0.717) is 11.8 Å². The minimum absolute atomic E-state index is 0.0128. The highest BCUT2D eigenvalue weighted by atomic mass is 16.4. The maximum Gasteiger partial charge on any atom is 0.303 e. The monoisotopic (exact) mass is 241 g/mol. The normalized spacial score (nSPS) is 18.5. The first kappa shape index (κ1) is 14.0. The highest BCUT2D eigenvalue weighted by molar-refractivity contribution is 5.77. The molecule has 17 heavy (non-hydrogen) atoms. The number of carboxylic acids is 1. The van der Waals surface area contributed by atoms with Crippen molar-refractivity contribution in [2.75, 3.05) is 6.54 Å². The van der Waals surface area contributed by atoms with E-state index in [1.807, 2.05) is 0 Å². The molecule has 0 radical (unpaired) electrons. The maximum absolute atomic E-state index is 11.6. The topological polar surface area (TPSA) is 66.4 Å². The van der Waals surface area contributed by atoms with E-state index in [9.17, 15) is 9.59 Å². The van der Waals surface area contributed by atoms with Crippen molar-refractivity contribution in [1.82, 2.24) is 5.32 Å². The molecule has 0 bridgehead atoms. The van der Waals surface area contributed by atoms with Crippen LogP contribution < -0.4 is 5.32 Å². The lowest BCUT2D eigenvalue weighted by Gasteiger charge is -2.16. The van der Waals surface area contributed by atoms with Gasteiger partial charge in [-0.1, -0.05) is 20.3 Å². The van der Waals surface area contributed by atoms with E-state index in [-0.39, 0.29) is 18.2 Å². The number of hydrogen-bond acceptors (Lipinski definition) is 2. The van der Waals surface area contributed by atoms with Crippen molar-refractivity contribution >= 4 is 11.9 Å². The van der Waals surface area contributed by atoms with Gasteiger partial charge in [0.1, 0.15) is 0 Å². The molecule has 4 nitrogen and oxygen atoms in total. The molecule has 1 amide bonds. The van der Waals surface area contributed by atoms with Crippen LogP contribution >= 0.6 is 0 Å². The molecule has 0 saturated heterocycles.